The minimum absolute atomic E-state index is 0.155. The highest BCUT2D eigenvalue weighted by Gasteiger charge is 2.25. The van der Waals surface area contributed by atoms with Crippen LogP contribution in [0.1, 0.15) is 29.6 Å². The monoisotopic (exact) mass is 246 g/mol. The molecule has 88 valence electrons. The highest BCUT2D eigenvalue weighted by molar-refractivity contribution is 7.17. The van der Waals surface area contributed by atoms with Crippen molar-refractivity contribution >= 4 is 27.2 Å². The van der Waals surface area contributed by atoms with Gasteiger partial charge in [0.15, 0.2) is 5.78 Å². The normalized spacial score (nSPS) is 20.6. The van der Waals surface area contributed by atoms with E-state index in [1.807, 2.05) is 23.6 Å². The third-order valence-corrected chi connectivity index (χ3v) is 4.18. The number of hydrogen-bond acceptors (Lipinski definition) is 3. The SMILES string of the molecule is O=C(c1csc2ccccc12)C1CCCCO1. The summed E-state index contributed by atoms with van der Waals surface area (Å²) in [6, 6.07) is 8.05. The molecular weight excluding hydrogens is 232 g/mol. The lowest BCUT2D eigenvalue weighted by Crippen LogP contribution is -2.28. The lowest BCUT2D eigenvalue weighted by atomic mass is 9.99. The summed E-state index contributed by atoms with van der Waals surface area (Å²) in [5, 5.41) is 3.03. The van der Waals surface area contributed by atoms with Crippen molar-refractivity contribution in [2.24, 2.45) is 0 Å². The number of thiophene rings is 1. The van der Waals surface area contributed by atoms with Gasteiger partial charge in [-0.05, 0) is 25.3 Å². The molecule has 1 unspecified atom stereocenters. The summed E-state index contributed by atoms with van der Waals surface area (Å²) in [6.07, 6.45) is 2.82. The Kier molecular flexibility index (Phi) is 2.95. The zero-order valence-corrected chi connectivity index (χ0v) is 10.3. The largest absolute Gasteiger partial charge is 0.370 e. The number of ether oxygens (including phenoxy) is 1. The molecule has 1 atom stereocenters. The highest BCUT2D eigenvalue weighted by Crippen LogP contribution is 2.28. The van der Waals surface area contributed by atoms with Crippen molar-refractivity contribution in [1.82, 2.24) is 0 Å². The van der Waals surface area contributed by atoms with Crippen LogP contribution >= 0.6 is 11.3 Å². The summed E-state index contributed by atoms with van der Waals surface area (Å²) in [5.41, 5.74) is 0.831. The number of benzene rings is 1. The van der Waals surface area contributed by atoms with Gasteiger partial charge in [-0.3, -0.25) is 4.79 Å². The highest BCUT2D eigenvalue weighted by atomic mass is 32.1. The van der Waals surface area contributed by atoms with Crippen LogP contribution in [0.2, 0.25) is 0 Å². The summed E-state index contributed by atoms with van der Waals surface area (Å²) in [5.74, 6) is 0.155. The summed E-state index contributed by atoms with van der Waals surface area (Å²) < 4.78 is 6.74. The van der Waals surface area contributed by atoms with Crippen LogP contribution in [0.15, 0.2) is 29.6 Å². The van der Waals surface area contributed by atoms with Crippen molar-refractivity contribution in [2.75, 3.05) is 6.61 Å². The van der Waals surface area contributed by atoms with Gasteiger partial charge in [-0.15, -0.1) is 11.3 Å². The Morgan fingerprint density at radius 2 is 2.18 bits per heavy atom. The van der Waals surface area contributed by atoms with E-state index in [1.165, 1.54) is 4.70 Å². The number of ketones is 1. The fraction of sp³-hybridized carbons (Fsp3) is 0.357. The third kappa shape index (κ3) is 2.01. The quantitative estimate of drug-likeness (QED) is 0.756. The van der Waals surface area contributed by atoms with E-state index in [-0.39, 0.29) is 11.9 Å². The van der Waals surface area contributed by atoms with Gasteiger partial charge in [0.05, 0.1) is 0 Å². The Morgan fingerprint density at radius 3 is 3.00 bits per heavy atom. The van der Waals surface area contributed by atoms with Gasteiger partial charge in [0.1, 0.15) is 6.10 Å². The molecule has 3 rings (SSSR count). The maximum Gasteiger partial charge on any atom is 0.193 e. The molecule has 2 aromatic rings. The second kappa shape index (κ2) is 4.59. The van der Waals surface area contributed by atoms with Gasteiger partial charge in [0.25, 0.3) is 0 Å². The van der Waals surface area contributed by atoms with Crippen LogP contribution in [0.4, 0.5) is 0 Å². The van der Waals surface area contributed by atoms with Crippen molar-refractivity contribution in [3.63, 3.8) is 0 Å². The van der Waals surface area contributed by atoms with Crippen LogP contribution in [0.3, 0.4) is 0 Å². The Labute approximate surface area is 104 Å². The Balaban J connectivity index is 1.95. The van der Waals surface area contributed by atoms with E-state index >= 15 is 0 Å². The topological polar surface area (TPSA) is 26.3 Å². The molecule has 1 aromatic heterocycles. The van der Waals surface area contributed by atoms with E-state index in [1.54, 1.807) is 11.3 Å². The molecule has 17 heavy (non-hydrogen) atoms. The molecule has 0 saturated carbocycles. The first-order valence-electron chi connectivity index (χ1n) is 5.98. The van der Waals surface area contributed by atoms with E-state index in [9.17, 15) is 4.79 Å². The molecule has 1 aliphatic rings. The molecule has 3 heteroatoms. The van der Waals surface area contributed by atoms with Crippen LogP contribution in [0.25, 0.3) is 10.1 Å². The molecule has 2 heterocycles. The van der Waals surface area contributed by atoms with Crippen molar-refractivity contribution in [1.29, 1.82) is 0 Å². The van der Waals surface area contributed by atoms with E-state index in [0.717, 1.165) is 36.8 Å². The fourth-order valence-corrected chi connectivity index (χ4v) is 3.24. The third-order valence-electron chi connectivity index (χ3n) is 3.22. The predicted molar refractivity (Wildman–Crippen MR) is 69.7 cm³/mol. The average molecular weight is 246 g/mol. The second-order valence-corrected chi connectivity index (χ2v) is 5.28. The van der Waals surface area contributed by atoms with E-state index in [0.29, 0.717) is 0 Å². The van der Waals surface area contributed by atoms with Gasteiger partial charge in [-0.1, -0.05) is 18.2 Å². The summed E-state index contributed by atoms with van der Waals surface area (Å²) >= 11 is 1.63. The molecule has 2 nitrogen and oxygen atoms in total. The van der Waals surface area contributed by atoms with Crippen LogP contribution in [-0.4, -0.2) is 18.5 Å². The van der Waals surface area contributed by atoms with Gasteiger partial charge >= 0.3 is 0 Å². The minimum atomic E-state index is -0.221. The molecule has 0 aliphatic carbocycles. The van der Waals surface area contributed by atoms with Crippen LogP contribution in [0.5, 0.6) is 0 Å². The zero-order chi connectivity index (χ0) is 11.7. The van der Waals surface area contributed by atoms with Gasteiger partial charge in [-0.25, -0.2) is 0 Å². The van der Waals surface area contributed by atoms with Gasteiger partial charge in [0.2, 0.25) is 0 Å². The number of hydrogen-bond donors (Lipinski definition) is 0. The molecule has 0 radical (unpaired) electrons. The number of Topliss-reactive ketones (excluding diaryl/α,β-unsaturated/α-hetero) is 1. The summed E-state index contributed by atoms with van der Waals surface area (Å²) in [4.78, 5) is 12.4. The molecule has 1 saturated heterocycles. The van der Waals surface area contributed by atoms with Gasteiger partial charge in [0, 0.05) is 27.6 Å². The first-order valence-corrected chi connectivity index (χ1v) is 6.86. The number of fused-ring (bicyclic) bond motifs is 1. The Bertz CT molecular complexity index is 538. The Hall–Kier alpha value is -1.19. The Morgan fingerprint density at radius 1 is 1.29 bits per heavy atom. The fourth-order valence-electron chi connectivity index (χ4n) is 2.29. The van der Waals surface area contributed by atoms with E-state index in [4.69, 9.17) is 4.74 Å². The van der Waals surface area contributed by atoms with Crippen LogP contribution in [0, 0.1) is 0 Å². The smallest absolute Gasteiger partial charge is 0.193 e. The number of carbonyl (C=O) groups excluding carboxylic acids is 1. The van der Waals surface area contributed by atoms with E-state index < -0.39 is 0 Å². The molecule has 0 amide bonds. The van der Waals surface area contributed by atoms with Crippen molar-refractivity contribution in [3.05, 3.63) is 35.2 Å². The second-order valence-electron chi connectivity index (χ2n) is 4.37. The standard InChI is InChI=1S/C14H14O2S/c15-14(12-6-3-4-8-16-12)11-9-17-13-7-2-1-5-10(11)13/h1-2,5,7,9,12H,3-4,6,8H2. The number of rotatable bonds is 2. The first kappa shape index (κ1) is 10.9. The van der Waals surface area contributed by atoms with E-state index in [2.05, 4.69) is 6.07 Å². The van der Waals surface area contributed by atoms with Crippen molar-refractivity contribution in [3.8, 4) is 0 Å². The van der Waals surface area contributed by atoms with Crippen molar-refractivity contribution < 1.29 is 9.53 Å². The first-order chi connectivity index (χ1) is 8.36. The molecule has 1 aromatic carbocycles. The molecule has 0 bridgehead atoms. The number of carbonyl (C=O) groups is 1. The lowest BCUT2D eigenvalue weighted by molar-refractivity contribution is 0.0188. The zero-order valence-electron chi connectivity index (χ0n) is 9.52. The van der Waals surface area contributed by atoms with Crippen LogP contribution < -0.4 is 0 Å². The molecule has 0 N–H and O–H groups in total. The molecular formula is C14H14O2S. The maximum atomic E-state index is 12.4. The summed E-state index contributed by atoms with van der Waals surface area (Å²) in [7, 11) is 0. The van der Waals surface area contributed by atoms with Gasteiger partial charge < -0.3 is 4.74 Å². The van der Waals surface area contributed by atoms with Crippen molar-refractivity contribution in [2.45, 2.75) is 25.4 Å². The lowest BCUT2D eigenvalue weighted by Gasteiger charge is -2.20. The summed E-state index contributed by atoms with van der Waals surface area (Å²) in [6.45, 7) is 0.721. The molecule has 1 aliphatic heterocycles. The predicted octanol–water partition coefficient (Wildman–Crippen LogP) is 3.65. The molecule has 1 fully saturated rings. The molecule has 0 spiro atoms. The minimum Gasteiger partial charge on any atom is -0.370 e. The maximum absolute atomic E-state index is 12.4. The van der Waals surface area contributed by atoms with Gasteiger partial charge in [-0.2, -0.15) is 0 Å². The van der Waals surface area contributed by atoms with Crippen LogP contribution in [-0.2, 0) is 4.74 Å². The average Bonchev–Trinajstić information content (AvgIpc) is 2.83.